The summed E-state index contributed by atoms with van der Waals surface area (Å²) in [5, 5.41) is 2.61. The molecule has 104 valence electrons. The van der Waals surface area contributed by atoms with Crippen LogP contribution in [0.1, 0.15) is 0 Å². The maximum Gasteiger partial charge on any atom is 0.234 e. The van der Waals surface area contributed by atoms with Crippen LogP contribution in [-0.2, 0) is 4.79 Å². The molecule has 1 aromatic heterocycles. The molecule has 0 aliphatic heterocycles. The summed E-state index contributed by atoms with van der Waals surface area (Å²) in [5.41, 5.74) is 5.92. The molecule has 7 heteroatoms. The van der Waals surface area contributed by atoms with E-state index >= 15 is 0 Å². The highest BCUT2D eigenvalue weighted by molar-refractivity contribution is 8.00. The van der Waals surface area contributed by atoms with Crippen LogP contribution in [0.5, 0.6) is 0 Å². The van der Waals surface area contributed by atoms with Crippen molar-refractivity contribution in [1.29, 1.82) is 0 Å². The molecular formula is C13H11ClFN3OS. The smallest absolute Gasteiger partial charge is 0.234 e. The molecular weight excluding hydrogens is 301 g/mol. The van der Waals surface area contributed by atoms with Gasteiger partial charge in [0.1, 0.15) is 11.6 Å². The summed E-state index contributed by atoms with van der Waals surface area (Å²) in [7, 11) is 0. The molecule has 3 N–H and O–H groups in total. The van der Waals surface area contributed by atoms with Gasteiger partial charge in [0, 0.05) is 16.8 Å². The quantitative estimate of drug-likeness (QED) is 0.851. The van der Waals surface area contributed by atoms with Crippen molar-refractivity contribution in [2.75, 3.05) is 16.8 Å². The number of thioether (sulfide) groups is 1. The number of nitrogens with one attached hydrogen (secondary N) is 1. The van der Waals surface area contributed by atoms with E-state index in [1.165, 1.54) is 30.0 Å². The number of carbonyl (C=O) groups is 1. The SMILES string of the molecule is Nc1ccc(SCC(=O)Nc2ccc(F)c(Cl)c2)cn1. The zero-order valence-corrected chi connectivity index (χ0v) is 11.8. The summed E-state index contributed by atoms with van der Waals surface area (Å²) >= 11 is 6.96. The molecule has 0 atom stereocenters. The molecule has 0 spiro atoms. The van der Waals surface area contributed by atoms with Crippen LogP contribution < -0.4 is 11.1 Å². The number of anilines is 2. The Balaban J connectivity index is 1.89. The molecule has 0 unspecified atom stereocenters. The molecule has 0 aliphatic carbocycles. The van der Waals surface area contributed by atoms with Gasteiger partial charge in [0.15, 0.2) is 0 Å². The Bertz CT molecular complexity index is 622. The molecule has 0 saturated carbocycles. The van der Waals surface area contributed by atoms with Crippen LogP contribution in [0.2, 0.25) is 5.02 Å². The van der Waals surface area contributed by atoms with Crippen LogP contribution >= 0.6 is 23.4 Å². The van der Waals surface area contributed by atoms with Crippen molar-refractivity contribution in [3.63, 3.8) is 0 Å². The van der Waals surface area contributed by atoms with E-state index in [1.54, 1.807) is 18.3 Å². The molecule has 20 heavy (non-hydrogen) atoms. The first-order valence-electron chi connectivity index (χ1n) is 5.64. The summed E-state index contributed by atoms with van der Waals surface area (Å²) in [4.78, 5) is 16.5. The molecule has 0 bridgehead atoms. The van der Waals surface area contributed by atoms with Gasteiger partial charge in [-0.1, -0.05) is 11.6 Å². The number of amides is 1. The average molecular weight is 312 g/mol. The van der Waals surface area contributed by atoms with Gasteiger partial charge in [0.2, 0.25) is 5.91 Å². The van der Waals surface area contributed by atoms with Crippen LogP contribution in [0.4, 0.5) is 15.9 Å². The van der Waals surface area contributed by atoms with Gasteiger partial charge in [-0.3, -0.25) is 4.79 Å². The minimum absolute atomic E-state index is 0.0295. The van der Waals surface area contributed by atoms with Gasteiger partial charge in [0.25, 0.3) is 0 Å². The van der Waals surface area contributed by atoms with Crippen LogP contribution in [0.25, 0.3) is 0 Å². The Labute approximate surface area is 124 Å². The van der Waals surface area contributed by atoms with Crippen molar-refractivity contribution in [2.24, 2.45) is 0 Å². The lowest BCUT2D eigenvalue weighted by molar-refractivity contribution is -0.113. The molecule has 0 radical (unpaired) electrons. The molecule has 0 saturated heterocycles. The summed E-state index contributed by atoms with van der Waals surface area (Å²) < 4.78 is 13.0. The van der Waals surface area contributed by atoms with Crippen molar-refractivity contribution in [3.8, 4) is 0 Å². The number of halogens is 2. The lowest BCUT2D eigenvalue weighted by atomic mass is 10.3. The van der Waals surface area contributed by atoms with Crippen LogP contribution in [0, 0.1) is 5.82 Å². The Morgan fingerprint density at radius 1 is 1.40 bits per heavy atom. The maximum atomic E-state index is 13.0. The van der Waals surface area contributed by atoms with Gasteiger partial charge in [-0.15, -0.1) is 11.8 Å². The highest BCUT2D eigenvalue weighted by atomic mass is 35.5. The van der Waals surface area contributed by atoms with E-state index in [4.69, 9.17) is 17.3 Å². The summed E-state index contributed by atoms with van der Waals surface area (Å²) in [6.07, 6.45) is 1.60. The number of pyridine rings is 1. The van der Waals surface area contributed by atoms with E-state index in [9.17, 15) is 9.18 Å². The van der Waals surface area contributed by atoms with Gasteiger partial charge in [0.05, 0.1) is 10.8 Å². The number of aromatic nitrogens is 1. The van der Waals surface area contributed by atoms with Gasteiger partial charge in [-0.05, 0) is 30.3 Å². The number of nitrogen functional groups attached to an aromatic ring is 1. The van der Waals surface area contributed by atoms with Gasteiger partial charge in [-0.2, -0.15) is 0 Å². The average Bonchev–Trinajstić information content (AvgIpc) is 2.42. The largest absolute Gasteiger partial charge is 0.384 e. The van der Waals surface area contributed by atoms with Gasteiger partial charge >= 0.3 is 0 Å². The van der Waals surface area contributed by atoms with Crippen molar-refractivity contribution in [2.45, 2.75) is 4.90 Å². The van der Waals surface area contributed by atoms with Crippen LogP contribution in [-0.4, -0.2) is 16.6 Å². The van der Waals surface area contributed by atoms with E-state index in [1.807, 2.05) is 0 Å². The maximum absolute atomic E-state index is 13.0. The Hall–Kier alpha value is -1.79. The summed E-state index contributed by atoms with van der Waals surface area (Å²) in [6, 6.07) is 7.47. The molecule has 0 fully saturated rings. The van der Waals surface area contributed by atoms with Gasteiger partial charge < -0.3 is 11.1 Å². The fourth-order valence-electron chi connectivity index (χ4n) is 1.40. The van der Waals surface area contributed by atoms with Crippen molar-refractivity contribution in [3.05, 3.63) is 47.4 Å². The highest BCUT2D eigenvalue weighted by Gasteiger charge is 2.06. The molecule has 4 nitrogen and oxygen atoms in total. The number of hydrogen-bond acceptors (Lipinski definition) is 4. The number of nitrogens with two attached hydrogens (primary N) is 1. The van der Waals surface area contributed by atoms with Crippen LogP contribution in [0.3, 0.4) is 0 Å². The number of rotatable bonds is 4. The standard InChI is InChI=1S/C13H11ClFN3OS/c14-10-5-8(1-3-11(10)15)18-13(19)7-20-9-2-4-12(16)17-6-9/h1-6H,7H2,(H2,16,17)(H,18,19). The van der Waals surface area contributed by atoms with Crippen molar-refractivity contribution < 1.29 is 9.18 Å². The minimum atomic E-state index is -0.521. The summed E-state index contributed by atoms with van der Waals surface area (Å²) in [6.45, 7) is 0. The minimum Gasteiger partial charge on any atom is -0.384 e. The lowest BCUT2D eigenvalue weighted by Crippen LogP contribution is -2.14. The lowest BCUT2D eigenvalue weighted by Gasteiger charge is -2.06. The normalized spacial score (nSPS) is 10.3. The topological polar surface area (TPSA) is 68.0 Å². The molecule has 1 heterocycles. The third-order valence-electron chi connectivity index (χ3n) is 2.33. The first-order valence-corrected chi connectivity index (χ1v) is 7.00. The monoisotopic (exact) mass is 311 g/mol. The number of hydrogen-bond donors (Lipinski definition) is 2. The zero-order valence-electron chi connectivity index (χ0n) is 10.3. The third-order valence-corrected chi connectivity index (χ3v) is 3.60. The van der Waals surface area contributed by atoms with Crippen molar-refractivity contribution in [1.82, 2.24) is 4.98 Å². The molecule has 2 aromatic rings. The highest BCUT2D eigenvalue weighted by Crippen LogP contribution is 2.21. The first kappa shape index (κ1) is 14.6. The molecule has 0 aliphatic rings. The predicted molar refractivity (Wildman–Crippen MR) is 79.4 cm³/mol. The third kappa shape index (κ3) is 4.11. The van der Waals surface area contributed by atoms with E-state index in [0.717, 1.165) is 4.90 Å². The van der Waals surface area contributed by atoms with E-state index in [2.05, 4.69) is 10.3 Å². The van der Waals surface area contributed by atoms with Gasteiger partial charge in [-0.25, -0.2) is 9.37 Å². The van der Waals surface area contributed by atoms with E-state index in [0.29, 0.717) is 11.5 Å². The number of benzene rings is 1. The fraction of sp³-hybridized carbons (Fsp3) is 0.0769. The molecule has 1 aromatic carbocycles. The second-order valence-electron chi connectivity index (χ2n) is 3.88. The first-order chi connectivity index (χ1) is 9.54. The second kappa shape index (κ2) is 6.58. The molecule has 2 rings (SSSR count). The predicted octanol–water partition coefficient (Wildman–Crippen LogP) is 3.19. The Kier molecular flexibility index (Phi) is 4.81. The van der Waals surface area contributed by atoms with E-state index in [-0.39, 0.29) is 16.7 Å². The summed E-state index contributed by atoms with van der Waals surface area (Å²) in [5.74, 6) is -0.0955. The molecule has 1 amide bonds. The Morgan fingerprint density at radius 3 is 2.85 bits per heavy atom. The van der Waals surface area contributed by atoms with Crippen molar-refractivity contribution >= 4 is 40.8 Å². The van der Waals surface area contributed by atoms with Crippen LogP contribution in [0.15, 0.2) is 41.4 Å². The zero-order chi connectivity index (χ0) is 14.5. The fourth-order valence-corrected chi connectivity index (χ4v) is 2.24. The second-order valence-corrected chi connectivity index (χ2v) is 5.34. The van der Waals surface area contributed by atoms with E-state index < -0.39 is 5.82 Å². The Morgan fingerprint density at radius 2 is 2.20 bits per heavy atom. The number of nitrogens with zero attached hydrogens (tertiary/aromatic N) is 1. The number of carbonyl (C=O) groups excluding carboxylic acids is 1.